The Balaban J connectivity index is 1.74. The monoisotopic (exact) mass is 252 g/mol. The highest BCUT2D eigenvalue weighted by molar-refractivity contribution is 7.10. The molecule has 0 saturated carbocycles. The molecule has 0 saturated heterocycles. The predicted molar refractivity (Wildman–Crippen MR) is 71.3 cm³/mol. The molecule has 1 N–H and O–H groups in total. The van der Waals surface area contributed by atoms with E-state index in [2.05, 4.69) is 35.6 Å². The lowest BCUT2D eigenvalue weighted by atomic mass is 10.2. The van der Waals surface area contributed by atoms with E-state index < -0.39 is 0 Å². The predicted octanol–water partition coefficient (Wildman–Crippen LogP) is 3.15. The number of thiazole rings is 1. The quantitative estimate of drug-likeness (QED) is 0.827. The molecule has 0 amide bonds. The van der Waals surface area contributed by atoms with E-state index in [4.69, 9.17) is 0 Å². The van der Waals surface area contributed by atoms with Crippen molar-refractivity contribution in [2.24, 2.45) is 0 Å². The minimum Gasteiger partial charge on any atom is -0.311 e. The molecule has 0 spiro atoms. The number of aryl methyl sites for hydroxylation is 2. The summed E-state index contributed by atoms with van der Waals surface area (Å²) >= 11 is 3.58. The smallest absolute Gasteiger partial charge is 0.0798 e. The standard InChI is InChI=1S/C12H16N2S2/c1-9-4-6-15-11(9)3-5-13-7-12-10(2)14-8-16-12/h4,6,8,13H,3,5,7H2,1-2H3. The van der Waals surface area contributed by atoms with Crippen molar-refractivity contribution in [1.29, 1.82) is 0 Å². The molecule has 2 nitrogen and oxygen atoms in total. The summed E-state index contributed by atoms with van der Waals surface area (Å²) in [5.74, 6) is 0. The minimum absolute atomic E-state index is 0.945. The molecule has 4 heteroatoms. The zero-order valence-electron chi connectivity index (χ0n) is 9.62. The Labute approximate surface area is 104 Å². The first-order chi connectivity index (χ1) is 7.77. The van der Waals surface area contributed by atoms with Gasteiger partial charge in [-0.15, -0.1) is 22.7 Å². The van der Waals surface area contributed by atoms with Gasteiger partial charge in [-0.3, -0.25) is 0 Å². The second kappa shape index (κ2) is 5.57. The molecule has 0 atom stereocenters. The van der Waals surface area contributed by atoms with Gasteiger partial charge in [-0.25, -0.2) is 4.98 Å². The van der Waals surface area contributed by atoms with Crippen LogP contribution in [0.4, 0.5) is 0 Å². The van der Waals surface area contributed by atoms with Gasteiger partial charge >= 0.3 is 0 Å². The molecule has 16 heavy (non-hydrogen) atoms. The number of nitrogens with zero attached hydrogens (tertiary/aromatic N) is 1. The fraction of sp³-hybridized carbons (Fsp3) is 0.417. The number of hydrogen-bond donors (Lipinski definition) is 1. The Bertz CT molecular complexity index is 403. The van der Waals surface area contributed by atoms with Gasteiger partial charge in [0, 0.05) is 22.8 Å². The average Bonchev–Trinajstić information content (AvgIpc) is 2.84. The van der Waals surface area contributed by atoms with E-state index >= 15 is 0 Å². The molecule has 86 valence electrons. The summed E-state index contributed by atoms with van der Waals surface area (Å²) in [6.07, 6.45) is 1.13. The summed E-state index contributed by atoms with van der Waals surface area (Å²) in [7, 11) is 0. The first kappa shape index (κ1) is 11.8. The molecule has 0 aliphatic heterocycles. The lowest BCUT2D eigenvalue weighted by Gasteiger charge is -2.03. The van der Waals surface area contributed by atoms with Crippen molar-refractivity contribution in [3.05, 3.63) is 38.0 Å². The van der Waals surface area contributed by atoms with E-state index in [1.807, 2.05) is 16.8 Å². The molecule has 0 aliphatic carbocycles. The summed E-state index contributed by atoms with van der Waals surface area (Å²) in [5.41, 5.74) is 4.49. The molecule has 0 unspecified atom stereocenters. The maximum atomic E-state index is 4.24. The molecule has 2 heterocycles. The third-order valence-corrected chi connectivity index (χ3v) is 4.65. The van der Waals surface area contributed by atoms with Crippen LogP contribution >= 0.6 is 22.7 Å². The van der Waals surface area contributed by atoms with E-state index in [0.29, 0.717) is 0 Å². The number of hydrogen-bond acceptors (Lipinski definition) is 4. The van der Waals surface area contributed by atoms with Gasteiger partial charge in [-0.2, -0.15) is 0 Å². The second-order valence-corrected chi connectivity index (χ2v) is 5.75. The summed E-state index contributed by atoms with van der Waals surface area (Å²) in [4.78, 5) is 7.08. The molecule has 0 aromatic carbocycles. The van der Waals surface area contributed by atoms with Crippen molar-refractivity contribution in [3.8, 4) is 0 Å². The van der Waals surface area contributed by atoms with Crippen LogP contribution in [0.5, 0.6) is 0 Å². The molecule has 2 aromatic heterocycles. The highest BCUT2D eigenvalue weighted by atomic mass is 32.1. The third-order valence-electron chi connectivity index (χ3n) is 2.63. The van der Waals surface area contributed by atoms with Crippen LogP contribution in [-0.2, 0) is 13.0 Å². The Hall–Kier alpha value is -0.710. The first-order valence-electron chi connectivity index (χ1n) is 5.40. The number of thiophene rings is 1. The summed E-state index contributed by atoms with van der Waals surface area (Å²) in [6.45, 7) is 6.23. The summed E-state index contributed by atoms with van der Waals surface area (Å²) in [5, 5.41) is 5.64. The van der Waals surface area contributed by atoms with Crippen LogP contribution in [0.25, 0.3) is 0 Å². The number of rotatable bonds is 5. The Morgan fingerprint density at radius 3 is 2.75 bits per heavy atom. The second-order valence-electron chi connectivity index (χ2n) is 3.81. The van der Waals surface area contributed by atoms with E-state index in [-0.39, 0.29) is 0 Å². The zero-order valence-corrected chi connectivity index (χ0v) is 11.3. The molecule has 0 aliphatic rings. The van der Waals surface area contributed by atoms with Crippen LogP contribution in [-0.4, -0.2) is 11.5 Å². The number of aromatic nitrogens is 1. The van der Waals surface area contributed by atoms with Crippen LogP contribution < -0.4 is 5.32 Å². The fourth-order valence-corrected chi connectivity index (χ4v) is 3.22. The lowest BCUT2D eigenvalue weighted by molar-refractivity contribution is 0.693. The van der Waals surface area contributed by atoms with E-state index in [1.165, 1.54) is 15.3 Å². The average molecular weight is 252 g/mol. The van der Waals surface area contributed by atoms with Gasteiger partial charge in [0.2, 0.25) is 0 Å². The van der Waals surface area contributed by atoms with Crippen LogP contribution in [0.1, 0.15) is 21.0 Å². The zero-order chi connectivity index (χ0) is 11.4. The van der Waals surface area contributed by atoms with Crippen molar-refractivity contribution in [1.82, 2.24) is 10.3 Å². The van der Waals surface area contributed by atoms with Crippen LogP contribution in [0.3, 0.4) is 0 Å². The van der Waals surface area contributed by atoms with Crippen LogP contribution in [0.15, 0.2) is 17.0 Å². The lowest BCUT2D eigenvalue weighted by Crippen LogP contribution is -2.16. The van der Waals surface area contributed by atoms with E-state index in [9.17, 15) is 0 Å². The topological polar surface area (TPSA) is 24.9 Å². The Morgan fingerprint density at radius 2 is 2.12 bits per heavy atom. The molecular formula is C12H16N2S2. The summed E-state index contributed by atoms with van der Waals surface area (Å²) < 4.78 is 0. The van der Waals surface area contributed by atoms with Crippen molar-refractivity contribution in [2.75, 3.05) is 6.54 Å². The van der Waals surface area contributed by atoms with E-state index in [0.717, 1.165) is 25.2 Å². The van der Waals surface area contributed by atoms with Gasteiger partial charge in [0.15, 0.2) is 0 Å². The highest BCUT2D eigenvalue weighted by Crippen LogP contribution is 2.16. The highest BCUT2D eigenvalue weighted by Gasteiger charge is 2.02. The van der Waals surface area contributed by atoms with Gasteiger partial charge in [0.1, 0.15) is 0 Å². The van der Waals surface area contributed by atoms with Gasteiger partial charge in [-0.1, -0.05) is 0 Å². The fourth-order valence-electron chi connectivity index (χ4n) is 1.56. The van der Waals surface area contributed by atoms with Crippen LogP contribution in [0, 0.1) is 13.8 Å². The maximum Gasteiger partial charge on any atom is 0.0798 e. The maximum absolute atomic E-state index is 4.24. The first-order valence-corrected chi connectivity index (χ1v) is 7.16. The largest absolute Gasteiger partial charge is 0.311 e. The van der Waals surface area contributed by atoms with Crippen LogP contribution in [0.2, 0.25) is 0 Å². The molecular weight excluding hydrogens is 236 g/mol. The van der Waals surface area contributed by atoms with Gasteiger partial charge in [-0.05, 0) is 37.3 Å². The van der Waals surface area contributed by atoms with Crippen molar-refractivity contribution in [2.45, 2.75) is 26.8 Å². The van der Waals surface area contributed by atoms with Crippen molar-refractivity contribution < 1.29 is 0 Å². The molecule has 2 aromatic rings. The van der Waals surface area contributed by atoms with Gasteiger partial charge < -0.3 is 5.32 Å². The normalized spacial score (nSPS) is 10.9. The van der Waals surface area contributed by atoms with Gasteiger partial charge in [0.25, 0.3) is 0 Å². The SMILES string of the molecule is Cc1ccsc1CCNCc1scnc1C. The third kappa shape index (κ3) is 2.90. The summed E-state index contributed by atoms with van der Waals surface area (Å²) in [6, 6.07) is 2.19. The minimum atomic E-state index is 0.945. The molecule has 0 radical (unpaired) electrons. The molecule has 2 rings (SSSR count). The van der Waals surface area contributed by atoms with E-state index in [1.54, 1.807) is 11.3 Å². The number of nitrogens with one attached hydrogen (secondary N) is 1. The van der Waals surface area contributed by atoms with Crippen molar-refractivity contribution in [3.63, 3.8) is 0 Å². The van der Waals surface area contributed by atoms with Gasteiger partial charge in [0.05, 0.1) is 11.2 Å². The Kier molecular flexibility index (Phi) is 4.09. The Morgan fingerprint density at radius 1 is 1.25 bits per heavy atom. The molecule has 0 bridgehead atoms. The van der Waals surface area contributed by atoms with Crippen molar-refractivity contribution >= 4 is 22.7 Å². The molecule has 0 fully saturated rings.